The summed E-state index contributed by atoms with van der Waals surface area (Å²) in [7, 11) is 0. The molecule has 2 aromatic rings. The average Bonchev–Trinajstić information content (AvgIpc) is 2.60. The van der Waals surface area contributed by atoms with Gasteiger partial charge in [-0.25, -0.2) is 0 Å². The topological polar surface area (TPSA) is 56.8 Å². The first kappa shape index (κ1) is 15.8. The standard InChI is InChI=1S/C20H21NO4/c1-20(2)12-15(14-5-3-4-6-16(14)25-20)21-19(22)13-7-8-17-18(11-13)24-10-9-23-17/h3-8,11,15H,9-10,12H2,1-2H3,(H,21,22). The van der Waals surface area contributed by atoms with Crippen LogP contribution in [0.3, 0.4) is 0 Å². The molecule has 130 valence electrons. The molecule has 0 bridgehead atoms. The van der Waals surface area contributed by atoms with Gasteiger partial charge in [-0.05, 0) is 38.1 Å². The highest BCUT2D eigenvalue weighted by molar-refractivity contribution is 5.95. The van der Waals surface area contributed by atoms with Crippen molar-refractivity contribution in [3.05, 3.63) is 53.6 Å². The fourth-order valence-corrected chi connectivity index (χ4v) is 3.36. The highest BCUT2D eigenvalue weighted by Gasteiger charge is 2.34. The van der Waals surface area contributed by atoms with Crippen molar-refractivity contribution >= 4 is 5.91 Å². The number of rotatable bonds is 2. The molecule has 0 radical (unpaired) electrons. The van der Waals surface area contributed by atoms with Gasteiger partial charge in [0.1, 0.15) is 24.6 Å². The summed E-state index contributed by atoms with van der Waals surface area (Å²) in [5, 5.41) is 3.14. The van der Waals surface area contributed by atoms with Crippen LogP contribution in [0.15, 0.2) is 42.5 Å². The van der Waals surface area contributed by atoms with Crippen LogP contribution in [0.2, 0.25) is 0 Å². The summed E-state index contributed by atoms with van der Waals surface area (Å²) in [5.74, 6) is 1.99. The zero-order chi connectivity index (χ0) is 17.4. The molecular weight excluding hydrogens is 318 g/mol. The van der Waals surface area contributed by atoms with Crippen LogP contribution in [0.25, 0.3) is 0 Å². The number of nitrogens with one attached hydrogen (secondary N) is 1. The van der Waals surface area contributed by atoms with Gasteiger partial charge in [-0.1, -0.05) is 18.2 Å². The molecule has 1 unspecified atom stereocenters. The first-order valence-corrected chi connectivity index (χ1v) is 8.50. The maximum atomic E-state index is 12.8. The van der Waals surface area contributed by atoms with Crippen LogP contribution in [0.5, 0.6) is 17.2 Å². The van der Waals surface area contributed by atoms with Gasteiger partial charge in [0, 0.05) is 17.5 Å². The van der Waals surface area contributed by atoms with Crippen molar-refractivity contribution in [1.29, 1.82) is 0 Å². The molecule has 2 aromatic carbocycles. The lowest BCUT2D eigenvalue weighted by molar-refractivity contribution is 0.0619. The number of fused-ring (bicyclic) bond motifs is 2. The molecule has 1 N–H and O–H groups in total. The lowest BCUT2D eigenvalue weighted by atomic mass is 9.89. The third kappa shape index (κ3) is 3.14. The van der Waals surface area contributed by atoms with Crippen LogP contribution in [0.4, 0.5) is 0 Å². The van der Waals surface area contributed by atoms with Crippen LogP contribution in [-0.2, 0) is 0 Å². The molecule has 0 saturated carbocycles. The monoisotopic (exact) mass is 339 g/mol. The van der Waals surface area contributed by atoms with E-state index in [4.69, 9.17) is 14.2 Å². The molecule has 5 nitrogen and oxygen atoms in total. The van der Waals surface area contributed by atoms with E-state index in [0.717, 1.165) is 11.3 Å². The summed E-state index contributed by atoms with van der Waals surface area (Å²) in [6.45, 7) is 5.10. The smallest absolute Gasteiger partial charge is 0.251 e. The summed E-state index contributed by atoms with van der Waals surface area (Å²) in [6, 6.07) is 13.0. The molecule has 2 aliphatic heterocycles. The maximum Gasteiger partial charge on any atom is 0.251 e. The Morgan fingerprint density at radius 3 is 2.64 bits per heavy atom. The molecule has 5 heteroatoms. The molecule has 25 heavy (non-hydrogen) atoms. The van der Waals surface area contributed by atoms with Gasteiger partial charge in [-0.3, -0.25) is 4.79 Å². The van der Waals surface area contributed by atoms with Crippen molar-refractivity contribution in [3.63, 3.8) is 0 Å². The molecule has 0 aromatic heterocycles. The number of hydrogen-bond donors (Lipinski definition) is 1. The minimum Gasteiger partial charge on any atom is -0.487 e. The Hall–Kier alpha value is -2.69. The predicted molar refractivity (Wildman–Crippen MR) is 93.4 cm³/mol. The Balaban J connectivity index is 1.58. The number of carbonyl (C=O) groups excluding carboxylic acids is 1. The first-order chi connectivity index (χ1) is 12.0. The van der Waals surface area contributed by atoms with Gasteiger partial charge in [0.2, 0.25) is 0 Å². The Bertz CT molecular complexity index is 815. The normalized spacial score (nSPS) is 20.2. The van der Waals surface area contributed by atoms with Crippen LogP contribution in [0.1, 0.15) is 42.2 Å². The van der Waals surface area contributed by atoms with E-state index in [2.05, 4.69) is 5.32 Å². The predicted octanol–water partition coefficient (Wildman–Crippen LogP) is 3.49. The Kier molecular flexibility index (Phi) is 3.79. The molecule has 1 amide bonds. The highest BCUT2D eigenvalue weighted by Crippen LogP contribution is 2.39. The Labute approximate surface area is 146 Å². The van der Waals surface area contributed by atoms with E-state index < -0.39 is 0 Å². The summed E-state index contributed by atoms with van der Waals surface area (Å²) in [6.07, 6.45) is 0.709. The fraction of sp³-hybridized carbons (Fsp3) is 0.350. The summed E-state index contributed by atoms with van der Waals surface area (Å²) in [5.41, 5.74) is 1.23. The van der Waals surface area contributed by atoms with E-state index in [1.165, 1.54) is 0 Å². The van der Waals surface area contributed by atoms with E-state index >= 15 is 0 Å². The third-order valence-electron chi connectivity index (χ3n) is 4.49. The van der Waals surface area contributed by atoms with E-state index in [1.807, 2.05) is 38.1 Å². The summed E-state index contributed by atoms with van der Waals surface area (Å²) < 4.78 is 17.1. The van der Waals surface area contributed by atoms with Crippen LogP contribution in [0, 0.1) is 0 Å². The molecule has 2 heterocycles. The zero-order valence-corrected chi connectivity index (χ0v) is 14.4. The van der Waals surface area contributed by atoms with Crippen LogP contribution in [-0.4, -0.2) is 24.7 Å². The van der Waals surface area contributed by atoms with Gasteiger partial charge in [-0.15, -0.1) is 0 Å². The van der Waals surface area contributed by atoms with Crippen LogP contribution >= 0.6 is 0 Å². The number of hydrogen-bond acceptors (Lipinski definition) is 4. The fourth-order valence-electron chi connectivity index (χ4n) is 3.36. The third-order valence-corrected chi connectivity index (χ3v) is 4.49. The van der Waals surface area contributed by atoms with E-state index in [0.29, 0.717) is 36.7 Å². The molecule has 0 fully saturated rings. The highest BCUT2D eigenvalue weighted by atomic mass is 16.6. The molecular formula is C20H21NO4. The van der Waals surface area contributed by atoms with Crippen molar-refractivity contribution in [1.82, 2.24) is 5.32 Å². The summed E-state index contributed by atoms with van der Waals surface area (Å²) in [4.78, 5) is 12.8. The minimum absolute atomic E-state index is 0.0966. The largest absolute Gasteiger partial charge is 0.487 e. The van der Waals surface area contributed by atoms with Gasteiger partial charge in [0.15, 0.2) is 11.5 Å². The number of amides is 1. The second-order valence-corrected chi connectivity index (χ2v) is 6.99. The Morgan fingerprint density at radius 2 is 1.80 bits per heavy atom. The minimum atomic E-state index is -0.334. The van der Waals surface area contributed by atoms with Crippen molar-refractivity contribution in [3.8, 4) is 17.2 Å². The number of para-hydroxylation sites is 1. The van der Waals surface area contributed by atoms with Gasteiger partial charge in [0.05, 0.1) is 6.04 Å². The second kappa shape index (κ2) is 5.99. The van der Waals surface area contributed by atoms with Gasteiger partial charge in [-0.2, -0.15) is 0 Å². The number of carbonyl (C=O) groups is 1. The lowest BCUT2D eigenvalue weighted by Gasteiger charge is -2.37. The van der Waals surface area contributed by atoms with Gasteiger partial charge in [0.25, 0.3) is 5.91 Å². The van der Waals surface area contributed by atoms with E-state index in [1.54, 1.807) is 18.2 Å². The molecule has 2 aliphatic rings. The van der Waals surface area contributed by atoms with Crippen molar-refractivity contribution in [2.24, 2.45) is 0 Å². The second-order valence-electron chi connectivity index (χ2n) is 6.99. The lowest BCUT2D eigenvalue weighted by Crippen LogP contribution is -2.41. The molecule has 0 saturated heterocycles. The van der Waals surface area contributed by atoms with Gasteiger partial charge >= 0.3 is 0 Å². The van der Waals surface area contributed by atoms with Crippen molar-refractivity contribution in [2.45, 2.75) is 31.9 Å². The number of ether oxygens (including phenoxy) is 3. The first-order valence-electron chi connectivity index (χ1n) is 8.50. The molecule has 1 atom stereocenters. The molecule has 0 aliphatic carbocycles. The van der Waals surface area contributed by atoms with Crippen LogP contribution < -0.4 is 19.5 Å². The zero-order valence-electron chi connectivity index (χ0n) is 14.4. The number of benzene rings is 2. The van der Waals surface area contributed by atoms with E-state index in [9.17, 15) is 4.79 Å². The molecule has 4 rings (SSSR count). The Morgan fingerprint density at radius 1 is 1.04 bits per heavy atom. The van der Waals surface area contributed by atoms with Gasteiger partial charge < -0.3 is 19.5 Å². The maximum absolute atomic E-state index is 12.8. The van der Waals surface area contributed by atoms with E-state index in [-0.39, 0.29) is 17.6 Å². The average molecular weight is 339 g/mol. The SMILES string of the molecule is CC1(C)CC(NC(=O)c2ccc3c(c2)OCCO3)c2ccccc2O1. The summed E-state index contributed by atoms with van der Waals surface area (Å²) >= 11 is 0. The molecule has 0 spiro atoms. The van der Waals surface area contributed by atoms with Crippen molar-refractivity contribution < 1.29 is 19.0 Å². The quantitative estimate of drug-likeness (QED) is 0.910. The van der Waals surface area contributed by atoms with Crippen molar-refractivity contribution in [2.75, 3.05) is 13.2 Å².